The van der Waals surface area contributed by atoms with Gasteiger partial charge in [0, 0.05) is 12.2 Å². The number of rotatable bonds is 2. The zero-order valence-corrected chi connectivity index (χ0v) is 14.9. The highest BCUT2D eigenvalue weighted by molar-refractivity contribution is 5.90. The largest absolute Gasteiger partial charge is 0.322 e. The Hall–Kier alpha value is -2.36. The number of nitrogens with zero attached hydrogens (tertiary/aromatic N) is 1. The molecule has 1 fully saturated rings. The average molecular weight is 340 g/mol. The number of carbonyl (C=O) groups excluding carboxylic acids is 1. The van der Waals surface area contributed by atoms with Gasteiger partial charge in [-0.2, -0.15) is 0 Å². The highest BCUT2D eigenvalue weighted by atomic mass is 19.1. The minimum Gasteiger partial charge on any atom is -0.317 e. The van der Waals surface area contributed by atoms with E-state index in [1.54, 1.807) is 12.1 Å². The second-order valence-electron chi connectivity index (χ2n) is 6.86. The summed E-state index contributed by atoms with van der Waals surface area (Å²) >= 11 is 0. The predicted molar refractivity (Wildman–Crippen MR) is 99.2 cm³/mol. The van der Waals surface area contributed by atoms with Crippen molar-refractivity contribution in [3.63, 3.8) is 0 Å². The zero-order chi connectivity index (χ0) is 17.8. The van der Waals surface area contributed by atoms with Crippen LogP contribution in [0.25, 0.3) is 0 Å². The molecule has 1 atom stereocenters. The van der Waals surface area contributed by atoms with Crippen LogP contribution in [0, 0.1) is 19.7 Å². The van der Waals surface area contributed by atoms with Crippen molar-refractivity contribution in [3.8, 4) is 0 Å². The molecule has 0 aliphatic carbocycles. The third-order valence-electron chi connectivity index (χ3n) is 4.88. The molecule has 4 heteroatoms. The molecule has 0 aromatic heterocycles. The van der Waals surface area contributed by atoms with Gasteiger partial charge in [-0.05, 0) is 61.6 Å². The molecule has 1 N–H and O–H groups in total. The van der Waals surface area contributed by atoms with Crippen molar-refractivity contribution in [1.29, 1.82) is 0 Å². The van der Waals surface area contributed by atoms with E-state index in [1.807, 2.05) is 43.0 Å². The molecule has 132 valence electrons. The Labute approximate surface area is 148 Å². The molecular weight excluding hydrogens is 315 g/mol. The normalized spacial score (nSPS) is 17.9. The second-order valence-corrected chi connectivity index (χ2v) is 6.86. The van der Waals surface area contributed by atoms with E-state index in [4.69, 9.17) is 0 Å². The number of carbonyl (C=O) groups is 1. The summed E-state index contributed by atoms with van der Waals surface area (Å²) in [5.41, 5.74) is 3.86. The summed E-state index contributed by atoms with van der Waals surface area (Å²) in [5, 5.41) is 3.06. The number of hydrogen-bond acceptors (Lipinski definition) is 1. The quantitative estimate of drug-likeness (QED) is 0.759. The molecule has 1 aliphatic rings. The molecule has 1 heterocycles. The first-order valence-corrected chi connectivity index (χ1v) is 8.95. The van der Waals surface area contributed by atoms with Crippen molar-refractivity contribution in [2.24, 2.45) is 0 Å². The van der Waals surface area contributed by atoms with Gasteiger partial charge in [0.15, 0.2) is 0 Å². The second kappa shape index (κ2) is 7.68. The van der Waals surface area contributed by atoms with Crippen molar-refractivity contribution in [1.82, 2.24) is 4.90 Å². The lowest BCUT2D eigenvalue weighted by Crippen LogP contribution is -2.38. The van der Waals surface area contributed by atoms with Crippen LogP contribution in [-0.4, -0.2) is 17.5 Å². The van der Waals surface area contributed by atoms with Gasteiger partial charge < -0.3 is 10.2 Å². The van der Waals surface area contributed by atoms with E-state index < -0.39 is 0 Å². The van der Waals surface area contributed by atoms with Gasteiger partial charge >= 0.3 is 6.03 Å². The summed E-state index contributed by atoms with van der Waals surface area (Å²) in [5.74, 6) is -0.253. The standard InChI is InChI=1S/C21H25FN2O/c1-15-10-11-16(2)19(13-15)23-21(25)24-12-5-3-4-9-20(24)17-7-6-8-18(22)14-17/h6-8,10-11,13-14,20H,3-5,9,12H2,1-2H3,(H,23,25)/t20-/m0/s1. The Morgan fingerprint density at radius 1 is 1.12 bits per heavy atom. The average Bonchev–Trinajstić information content (AvgIpc) is 2.84. The molecule has 0 unspecified atom stereocenters. The van der Waals surface area contributed by atoms with Gasteiger partial charge in [-0.1, -0.05) is 37.1 Å². The lowest BCUT2D eigenvalue weighted by molar-refractivity contribution is 0.189. The van der Waals surface area contributed by atoms with Crippen LogP contribution in [-0.2, 0) is 0 Å². The number of hydrogen-bond donors (Lipinski definition) is 1. The van der Waals surface area contributed by atoms with Crippen molar-refractivity contribution in [2.45, 2.75) is 45.6 Å². The number of benzene rings is 2. The highest BCUT2D eigenvalue weighted by Crippen LogP contribution is 2.31. The molecule has 1 aliphatic heterocycles. The highest BCUT2D eigenvalue weighted by Gasteiger charge is 2.27. The van der Waals surface area contributed by atoms with Crippen molar-refractivity contribution >= 4 is 11.7 Å². The van der Waals surface area contributed by atoms with Crippen molar-refractivity contribution in [3.05, 3.63) is 65.0 Å². The van der Waals surface area contributed by atoms with Crippen molar-refractivity contribution in [2.75, 3.05) is 11.9 Å². The van der Waals surface area contributed by atoms with E-state index in [-0.39, 0.29) is 17.9 Å². The Kier molecular flexibility index (Phi) is 5.37. The Morgan fingerprint density at radius 2 is 1.96 bits per heavy atom. The van der Waals surface area contributed by atoms with E-state index in [0.717, 1.165) is 48.1 Å². The summed E-state index contributed by atoms with van der Waals surface area (Å²) in [6.45, 7) is 4.69. The maximum atomic E-state index is 13.7. The van der Waals surface area contributed by atoms with E-state index in [2.05, 4.69) is 5.32 Å². The number of nitrogens with one attached hydrogen (secondary N) is 1. The molecule has 1 saturated heterocycles. The summed E-state index contributed by atoms with van der Waals surface area (Å²) in [6, 6.07) is 12.5. The van der Waals surface area contributed by atoms with Crippen LogP contribution in [0.5, 0.6) is 0 Å². The van der Waals surface area contributed by atoms with E-state index in [0.29, 0.717) is 6.54 Å². The van der Waals surface area contributed by atoms with E-state index >= 15 is 0 Å². The fourth-order valence-corrected chi connectivity index (χ4v) is 3.47. The van der Waals surface area contributed by atoms with Gasteiger partial charge in [0.1, 0.15) is 5.82 Å². The topological polar surface area (TPSA) is 32.3 Å². The van der Waals surface area contributed by atoms with Crippen LogP contribution >= 0.6 is 0 Å². The number of halogens is 1. The van der Waals surface area contributed by atoms with Gasteiger partial charge in [0.2, 0.25) is 0 Å². The Morgan fingerprint density at radius 3 is 2.76 bits per heavy atom. The monoisotopic (exact) mass is 340 g/mol. The summed E-state index contributed by atoms with van der Waals surface area (Å²) in [4.78, 5) is 14.8. The molecule has 0 spiro atoms. The number of likely N-dealkylation sites (tertiary alicyclic amines) is 1. The smallest absolute Gasteiger partial charge is 0.317 e. The molecule has 25 heavy (non-hydrogen) atoms. The van der Waals surface area contributed by atoms with Crippen LogP contribution in [0.1, 0.15) is 48.4 Å². The predicted octanol–water partition coefficient (Wildman–Crippen LogP) is 5.59. The van der Waals surface area contributed by atoms with Gasteiger partial charge in [-0.25, -0.2) is 9.18 Å². The summed E-state index contributed by atoms with van der Waals surface area (Å²) < 4.78 is 13.7. The number of urea groups is 1. The third kappa shape index (κ3) is 4.19. The first-order chi connectivity index (χ1) is 12.0. The lowest BCUT2D eigenvalue weighted by Gasteiger charge is -2.31. The SMILES string of the molecule is Cc1ccc(C)c(NC(=O)N2CCCCC[C@H]2c2cccc(F)c2)c1. The molecule has 0 saturated carbocycles. The molecule has 3 rings (SSSR count). The molecule has 3 nitrogen and oxygen atoms in total. The molecule has 2 aromatic carbocycles. The van der Waals surface area contributed by atoms with Gasteiger partial charge in [-0.3, -0.25) is 0 Å². The fraction of sp³-hybridized carbons (Fsp3) is 0.381. The van der Waals surface area contributed by atoms with Gasteiger partial charge in [0.05, 0.1) is 6.04 Å². The molecule has 2 amide bonds. The molecule has 0 radical (unpaired) electrons. The van der Waals surface area contributed by atoms with Crippen LogP contribution in [0.15, 0.2) is 42.5 Å². The van der Waals surface area contributed by atoms with Crippen molar-refractivity contribution < 1.29 is 9.18 Å². The van der Waals surface area contributed by atoms with Gasteiger partial charge in [0.25, 0.3) is 0 Å². The maximum absolute atomic E-state index is 13.7. The van der Waals surface area contributed by atoms with Crippen LogP contribution in [0.2, 0.25) is 0 Å². The lowest BCUT2D eigenvalue weighted by atomic mass is 10.0. The van der Waals surface area contributed by atoms with Gasteiger partial charge in [-0.15, -0.1) is 0 Å². The fourth-order valence-electron chi connectivity index (χ4n) is 3.47. The number of amides is 2. The first kappa shape index (κ1) is 17.5. The maximum Gasteiger partial charge on any atom is 0.322 e. The third-order valence-corrected chi connectivity index (χ3v) is 4.88. The Bertz CT molecular complexity index is 759. The number of aryl methyl sites for hydroxylation is 2. The molecule has 2 aromatic rings. The minimum atomic E-state index is -0.253. The van der Waals surface area contributed by atoms with E-state index in [9.17, 15) is 9.18 Å². The first-order valence-electron chi connectivity index (χ1n) is 8.95. The molecular formula is C21H25FN2O. The summed E-state index contributed by atoms with van der Waals surface area (Å²) in [7, 11) is 0. The Balaban J connectivity index is 1.85. The van der Waals surface area contributed by atoms with Crippen LogP contribution in [0.3, 0.4) is 0 Å². The molecule has 0 bridgehead atoms. The van der Waals surface area contributed by atoms with E-state index in [1.165, 1.54) is 6.07 Å². The summed E-state index contributed by atoms with van der Waals surface area (Å²) in [6.07, 6.45) is 3.99. The van der Waals surface area contributed by atoms with Crippen LogP contribution < -0.4 is 5.32 Å². The number of anilines is 1. The zero-order valence-electron chi connectivity index (χ0n) is 14.9. The van der Waals surface area contributed by atoms with Crippen LogP contribution in [0.4, 0.5) is 14.9 Å². The minimum absolute atomic E-state index is 0.0803.